The van der Waals surface area contributed by atoms with Gasteiger partial charge < -0.3 is 10.8 Å². The fraction of sp³-hybridized carbons (Fsp3) is 0.0370. The van der Waals surface area contributed by atoms with E-state index in [1.807, 2.05) is 0 Å². The standard InChI is InChI=1S/C27H20BrN3O4S/c28-21-15-23-24(17-31(25(23)30-16-21)36(34,35)22-12-5-2-6-13-22)18-8-7-11-20(14-18)27(33,26(29)32)19-9-3-1-4-10-19/h1-17,33H,(H2,29,32). The van der Waals surface area contributed by atoms with E-state index >= 15 is 0 Å². The average Bonchev–Trinajstić information content (AvgIpc) is 3.28. The molecule has 3 aromatic carbocycles. The Labute approximate surface area is 216 Å². The van der Waals surface area contributed by atoms with Crippen LogP contribution in [0.1, 0.15) is 11.1 Å². The van der Waals surface area contributed by atoms with Gasteiger partial charge in [-0.25, -0.2) is 17.4 Å². The predicted molar refractivity (Wildman–Crippen MR) is 141 cm³/mol. The van der Waals surface area contributed by atoms with Crippen LogP contribution < -0.4 is 5.73 Å². The van der Waals surface area contributed by atoms with E-state index in [9.17, 15) is 18.3 Å². The van der Waals surface area contributed by atoms with Gasteiger partial charge in [0.1, 0.15) is 0 Å². The molecule has 180 valence electrons. The minimum absolute atomic E-state index is 0.124. The largest absolute Gasteiger partial charge is 0.372 e. The van der Waals surface area contributed by atoms with Crippen molar-refractivity contribution in [1.82, 2.24) is 8.96 Å². The molecule has 0 saturated heterocycles. The highest BCUT2D eigenvalue weighted by molar-refractivity contribution is 9.10. The molecule has 0 radical (unpaired) electrons. The number of aliphatic hydroxyl groups is 1. The fourth-order valence-electron chi connectivity index (χ4n) is 4.22. The molecular formula is C27H20BrN3O4S. The molecule has 0 saturated carbocycles. The lowest BCUT2D eigenvalue weighted by Gasteiger charge is -2.26. The molecule has 0 aliphatic rings. The van der Waals surface area contributed by atoms with E-state index in [4.69, 9.17) is 5.73 Å². The maximum absolute atomic E-state index is 13.5. The number of amides is 1. The van der Waals surface area contributed by atoms with Crippen molar-refractivity contribution in [3.8, 4) is 11.1 Å². The Morgan fingerprint density at radius 1 is 0.917 bits per heavy atom. The zero-order valence-electron chi connectivity index (χ0n) is 18.7. The minimum Gasteiger partial charge on any atom is -0.372 e. The van der Waals surface area contributed by atoms with E-state index in [1.165, 1.54) is 24.5 Å². The number of carbonyl (C=O) groups is 1. The molecule has 5 aromatic rings. The lowest BCUT2D eigenvalue weighted by Crippen LogP contribution is -2.42. The molecule has 9 heteroatoms. The number of carbonyl (C=O) groups excluding carboxylic acids is 1. The second-order valence-electron chi connectivity index (χ2n) is 8.20. The highest BCUT2D eigenvalue weighted by Crippen LogP contribution is 2.37. The van der Waals surface area contributed by atoms with Gasteiger partial charge in [0.15, 0.2) is 11.2 Å². The molecular weight excluding hydrogens is 542 g/mol. The van der Waals surface area contributed by atoms with Gasteiger partial charge in [-0.3, -0.25) is 4.79 Å². The van der Waals surface area contributed by atoms with Gasteiger partial charge in [-0.1, -0.05) is 66.7 Å². The fourth-order valence-corrected chi connectivity index (χ4v) is 5.89. The van der Waals surface area contributed by atoms with Crippen LogP contribution in [0.2, 0.25) is 0 Å². The number of aromatic nitrogens is 2. The van der Waals surface area contributed by atoms with Crippen LogP contribution in [-0.2, 0) is 20.4 Å². The van der Waals surface area contributed by atoms with Crippen LogP contribution in [0.25, 0.3) is 22.2 Å². The monoisotopic (exact) mass is 561 g/mol. The van der Waals surface area contributed by atoms with Crippen molar-refractivity contribution in [1.29, 1.82) is 0 Å². The number of nitrogens with zero attached hydrogens (tertiary/aromatic N) is 2. The lowest BCUT2D eigenvalue weighted by atomic mass is 9.84. The maximum atomic E-state index is 13.5. The second-order valence-corrected chi connectivity index (χ2v) is 10.9. The molecule has 0 aliphatic heterocycles. The Kier molecular flexibility index (Phi) is 5.99. The van der Waals surface area contributed by atoms with Crippen molar-refractivity contribution in [3.05, 3.63) is 119 Å². The third-order valence-electron chi connectivity index (χ3n) is 6.02. The molecule has 2 heterocycles. The third-order valence-corrected chi connectivity index (χ3v) is 8.12. The summed E-state index contributed by atoms with van der Waals surface area (Å²) in [4.78, 5) is 17.0. The summed E-state index contributed by atoms with van der Waals surface area (Å²) in [6, 6.07) is 25.0. The highest BCUT2D eigenvalue weighted by Gasteiger charge is 2.38. The van der Waals surface area contributed by atoms with Crippen molar-refractivity contribution in [3.63, 3.8) is 0 Å². The first-order chi connectivity index (χ1) is 17.2. The molecule has 2 aromatic heterocycles. The van der Waals surface area contributed by atoms with Gasteiger partial charge in [0, 0.05) is 27.8 Å². The smallest absolute Gasteiger partial charge is 0.269 e. The number of fused-ring (bicyclic) bond motifs is 1. The molecule has 0 bridgehead atoms. The normalized spacial score (nSPS) is 13.4. The van der Waals surface area contributed by atoms with E-state index in [0.717, 1.165) is 3.97 Å². The van der Waals surface area contributed by atoms with Crippen molar-refractivity contribution in [2.75, 3.05) is 0 Å². The SMILES string of the molecule is NC(=O)C(O)(c1ccccc1)c1cccc(-c2cn(S(=O)(=O)c3ccccc3)c3ncc(Br)cc23)c1. The van der Waals surface area contributed by atoms with E-state index in [-0.39, 0.29) is 16.1 Å². The van der Waals surface area contributed by atoms with E-state index in [2.05, 4.69) is 20.9 Å². The molecule has 1 amide bonds. The molecule has 1 unspecified atom stereocenters. The number of pyridine rings is 1. The predicted octanol–water partition coefficient (Wildman–Crippen LogP) is 4.42. The average molecular weight is 562 g/mol. The van der Waals surface area contributed by atoms with Crippen LogP contribution >= 0.6 is 15.9 Å². The molecule has 7 nitrogen and oxygen atoms in total. The molecule has 1 atom stereocenters. The Morgan fingerprint density at radius 2 is 1.56 bits per heavy atom. The number of hydrogen-bond donors (Lipinski definition) is 2. The maximum Gasteiger partial charge on any atom is 0.269 e. The van der Waals surface area contributed by atoms with Crippen molar-refractivity contribution in [2.24, 2.45) is 5.73 Å². The van der Waals surface area contributed by atoms with Crippen LogP contribution in [0.4, 0.5) is 0 Å². The lowest BCUT2D eigenvalue weighted by molar-refractivity contribution is -0.133. The zero-order chi connectivity index (χ0) is 25.5. The quantitative estimate of drug-likeness (QED) is 0.318. The van der Waals surface area contributed by atoms with Gasteiger partial charge in [0.25, 0.3) is 15.9 Å². The molecule has 3 N–H and O–H groups in total. The summed E-state index contributed by atoms with van der Waals surface area (Å²) in [5, 5.41) is 12.0. The number of nitrogens with two attached hydrogens (primary N) is 1. The van der Waals surface area contributed by atoms with Crippen molar-refractivity contribution < 1.29 is 18.3 Å². The topological polar surface area (TPSA) is 115 Å². The summed E-state index contributed by atoms with van der Waals surface area (Å²) in [6.45, 7) is 0. The number of benzene rings is 3. The third kappa shape index (κ3) is 3.91. The summed E-state index contributed by atoms with van der Waals surface area (Å²) in [6.07, 6.45) is 3.03. The minimum atomic E-state index is -3.95. The van der Waals surface area contributed by atoms with Crippen LogP contribution in [0.5, 0.6) is 0 Å². The summed E-state index contributed by atoms with van der Waals surface area (Å²) in [5.41, 5.74) is 5.56. The zero-order valence-corrected chi connectivity index (χ0v) is 21.1. The number of hydrogen-bond acceptors (Lipinski definition) is 5. The number of rotatable bonds is 6. The molecule has 0 fully saturated rings. The van der Waals surface area contributed by atoms with Gasteiger partial charge >= 0.3 is 0 Å². The Morgan fingerprint density at radius 3 is 2.22 bits per heavy atom. The van der Waals surface area contributed by atoms with Crippen molar-refractivity contribution >= 4 is 42.9 Å². The Balaban J connectivity index is 1.73. The van der Waals surface area contributed by atoms with Gasteiger partial charge in [-0.05, 0) is 56.9 Å². The van der Waals surface area contributed by atoms with Gasteiger partial charge in [-0.2, -0.15) is 0 Å². The second kappa shape index (κ2) is 9.02. The first kappa shape index (κ1) is 23.9. The molecule has 36 heavy (non-hydrogen) atoms. The summed E-state index contributed by atoms with van der Waals surface area (Å²) in [7, 11) is -3.95. The first-order valence-electron chi connectivity index (χ1n) is 10.9. The van der Waals surface area contributed by atoms with E-state index in [1.54, 1.807) is 78.9 Å². The van der Waals surface area contributed by atoms with Crippen LogP contribution in [0.3, 0.4) is 0 Å². The van der Waals surface area contributed by atoms with E-state index in [0.29, 0.717) is 26.5 Å². The highest BCUT2D eigenvalue weighted by atomic mass is 79.9. The molecule has 5 rings (SSSR count). The summed E-state index contributed by atoms with van der Waals surface area (Å²) < 4.78 is 28.8. The van der Waals surface area contributed by atoms with Gasteiger partial charge in [0.2, 0.25) is 0 Å². The van der Waals surface area contributed by atoms with Crippen LogP contribution in [-0.4, -0.2) is 28.4 Å². The molecule has 0 spiro atoms. The Bertz CT molecular complexity index is 1700. The van der Waals surface area contributed by atoms with Crippen LogP contribution in [0.15, 0.2) is 113 Å². The van der Waals surface area contributed by atoms with Gasteiger partial charge in [0.05, 0.1) is 4.90 Å². The molecule has 0 aliphatic carbocycles. The van der Waals surface area contributed by atoms with Gasteiger partial charge in [-0.15, -0.1) is 0 Å². The van der Waals surface area contributed by atoms with E-state index < -0.39 is 21.5 Å². The summed E-state index contributed by atoms with van der Waals surface area (Å²) >= 11 is 3.42. The van der Waals surface area contributed by atoms with Crippen LogP contribution in [0, 0.1) is 0 Å². The van der Waals surface area contributed by atoms with Crippen molar-refractivity contribution in [2.45, 2.75) is 10.5 Å². The number of halogens is 1. The summed E-state index contributed by atoms with van der Waals surface area (Å²) in [5.74, 6) is -0.927. The first-order valence-corrected chi connectivity index (χ1v) is 13.1. The Hall–Kier alpha value is -3.79. The number of primary amides is 1.